The Bertz CT molecular complexity index is 98.5. The summed E-state index contributed by atoms with van der Waals surface area (Å²) in [5, 5.41) is 0. The van der Waals surface area contributed by atoms with Crippen LogP contribution in [0.3, 0.4) is 0 Å². The lowest BCUT2D eigenvalue weighted by Crippen LogP contribution is -2.32. The minimum absolute atomic E-state index is 0.724. The lowest BCUT2D eigenvalue weighted by molar-refractivity contribution is 0.144. The van der Waals surface area contributed by atoms with E-state index in [2.05, 4.69) is 31.4 Å². The molecule has 0 aromatic carbocycles. The molecule has 0 saturated heterocycles. The van der Waals surface area contributed by atoms with Gasteiger partial charge in [0.2, 0.25) is 0 Å². The van der Waals surface area contributed by atoms with E-state index >= 15 is 0 Å². The standard InChI is InChI=1S/C9H21NOS/c1-9(2)8-10(5-7-12)4-6-11-3/h9,12H,4-8H2,1-3H3. The van der Waals surface area contributed by atoms with Gasteiger partial charge in [-0.2, -0.15) is 12.6 Å². The average molecular weight is 191 g/mol. The number of thiol groups is 1. The third kappa shape index (κ3) is 6.95. The molecule has 0 aliphatic rings. The highest BCUT2D eigenvalue weighted by Gasteiger charge is 2.04. The van der Waals surface area contributed by atoms with Gasteiger partial charge in [0.15, 0.2) is 0 Å². The third-order valence-electron chi connectivity index (χ3n) is 1.65. The molecule has 12 heavy (non-hydrogen) atoms. The Morgan fingerprint density at radius 2 is 2.00 bits per heavy atom. The highest BCUT2D eigenvalue weighted by molar-refractivity contribution is 7.80. The first-order chi connectivity index (χ1) is 5.70. The Hall–Kier alpha value is 0.270. The summed E-state index contributed by atoms with van der Waals surface area (Å²) in [4.78, 5) is 2.39. The van der Waals surface area contributed by atoms with E-state index in [1.54, 1.807) is 7.11 Å². The Kier molecular flexibility index (Phi) is 8.07. The highest BCUT2D eigenvalue weighted by atomic mass is 32.1. The van der Waals surface area contributed by atoms with E-state index < -0.39 is 0 Å². The van der Waals surface area contributed by atoms with Gasteiger partial charge in [-0.1, -0.05) is 13.8 Å². The molecule has 0 aromatic rings. The fourth-order valence-corrected chi connectivity index (χ4v) is 1.46. The van der Waals surface area contributed by atoms with E-state index in [9.17, 15) is 0 Å². The van der Waals surface area contributed by atoms with Gasteiger partial charge in [0.1, 0.15) is 0 Å². The summed E-state index contributed by atoms with van der Waals surface area (Å²) in [7, 11) is 1.74. The summed E-state index contributed by atoms with van der Waals surface area (Å²) in [6.07, 6.45) is 0. The van der Waals surface area contributed by atoms with Crippen molar-refractivity contribution in [3.05, 3.63) is 0 Å². The lowest BCUT2D eigenvalue weighted by atomic mass is 10.2. The van der Waals surface area contributed by atoms with E-state index in [0.29, 0.717) is 0 Å². The van der Waals surface area contributed by atoms with Crippen LogP contribution >= 0.6 is 12.6 Å². The van der Waals surface area contributed by atoms with Crippen LogP contribution in [0.2, 0.25) is 0 Å². The molecule has 0 spiro atoms. The molecule has 0 saturated carbocycles. The summed E-state index contributed by atoms with van der Waals surface area (Å²) >= 11 is 4.22. The van der Waals surface area contributed by atoms with Crippen molar-refractivity contribution in [3.8, 4) is 0 Å². The second-order valence-electron chi connectivity index (χ2n) is 3.41. The largest absolute Gasteiger partial charge is 0.383 e. The van der Waals surface area contributed by atoms with Crippen LogP contribution in [0.4, 0.5) is 0 Å². The van der Waals surface area contributed by atoms with Gasteiger partial charge < -0.3 is 4.74 Å². The number of ether oxygens (including phenoxy) is 1. The van der Waals surface area contributed by atoms with Crippen molar-refractivity contribution < 1.29 is 4.74 Å². The van der Waals surface area contributed by atoms with Crippen LogP contribution in [0.25, 0.3) is 0 Å². The van der Waals surface area contributed by atoms with E-state index in [1.807, 2.05) is 0 Å². The highest BCUT2D eigenvalue weighted by Crippen LogP contribution is 1.98. The SMILES string of the molecule is COCCN(CCS)CC(C)C. The van der Waals surface area contributed by atoms with Gasteiger partial charge in [0.05, 0.1) is 6.61 Å². The molecule has 0 amide bonds. The fourth-order valence-electron chi connectivity index (χ4n) is 1.17. The fraction of sp³-hybridized carbons (Fsp3) is 1.00. The molecule has 0 N–H and O–H groups in total. The molecule has 0 bridgehead atoms. The molecule has 0 aliphatic heterocycles. The van der Waals surface area contributed by atoms with E-state index in [-0.39, 0.29) is 0 Å². The summed E-state index contributed by atoms with van der Waals surface area (Å²) in [6.45, 7) is 8.51. The van der Waals surface area contributed by atoms with Crippen molar-refractivity contribution in [1.82, 2.24) is 4.90 Å². The van der Waals surface area contributed by atoms with Gasteiger partial charge in [-0.3, -0.25) is 4.90 Å². The summed E-state index contributed by atoms with van der Waals surface area (Å²) in [5.41, 5.74) is 0. The quantitative estimate of drug-likeness (QED) is 0.613. The molecule has 0 aliphatic carbocycles. The maximum absolute atomic E-state index is 5.03. The van der Waals surface area contributed by atoms with Gasteiger partial charge in [0.25, 0.3) is 0 Å². The average Bonchev–Trinajstić information content (AvgIpc) is 2.00. The van der Waals surface area contributed by atoms with Gasteiger partial charge in [-0.05, 0) is 5.92 Å². The zero-order valence-corrected chi connectivity index (χ0v) is 9.31. The summed E-state index contributed by atoms with van der Waals surface area (Å²) in [5.74, 6) is 1.65. The van der Waals surface area contributed by atoms with Gasteiger partial charge in [-0.15, -0.1) is 0 Å². The molecular formula is C9H21NOS. The van der Waals surface area contributed by atoms with Crippen molar-refractivity contribution in [2.75, 3.05) is 39.1 Å². The van der Waals surface area contributed by atoms with Crippen molar-refractivity contribution >= 4 is 12.6 Å². The minimum Gasteiger partial charge on any atom is -0.383 e. The van der Waals surface area contributed by atoms with Gasteiger partial charge >= 0.3 is 0 Å². The molecule has 3 heteroatoms. The molecule has 0 rings (SSSR count). The Morgan fingerprint density at radius 3 is 2.42 bits per heavy atom. The number of methoxy groups -OCH3 is 1. The Morgan fingerprint density at radius 1 is 1.33 bits per heavy atom. The molecule has 0 heterocycles. The first kappa shape index (κ1) is 12.3. The first-order valence-corrected chi connectivity index (χ1v) is 5.16. The van der Waals surface area contributed by atoms with E-state index in [0.717, 1.165) is 37.9 Å². The molecule has 0 unspecified atom stereocenters. The van der Waals surface area contributed by atoms with Crippen LogP contribution in [0, 0.1) is 5.92 Å². The third-order valence-corrected chi connectivity index (χ3v) is 1.85. The van der Waals surface area contributed by atoms with Crippen LogP contribution in [-0.2, 0) is 4.74 Å². The molecule has 0 atom stereocenters. The van der Waals surface area contributed by atoms with E-state index in [1.165, 1.54) is 0 Å². The monoisotopic (exact) mass is 191 g/mol. The molecule has 2 nitrogen and oxygen atoms in total. The zero-order chi connectivity index (χ0) is 9.40. The second kappa shape index (κ2) is 7.90. The van der Waals surface area contributed by atoms with Crippen LogP contribution in [0.15, 0.2) is 0 Å². The predicted octanol–water partition coefficient (Wildman–Crippen LogP) is 1.52. The second-order valence-corrected chi connectivity index (χ2v) is 3.86. The van der Waals surface area contributed by atoms with Crippen molar-refractivity contribution in [3.63, 3.8) is 0 Å². The molecular weight excluding hydrogens is 170 g/mol. The van der Waals surface area contributed by atoms with Crippen molar-refractivity contribution in [2.24, 2.45) is 5.92 Å². The number of hydrogen-bond acceptors (Lipinski definition) is 3. The van der Waals surface area contributed by atoms with E-state index in [4.69, 9.17) is 4.74 Å². The number of rotatable bonds is 7. The maximum Gasteiger partial charge on any atom is 0.0589 e. The van der Waals surface area contributed by atoms with Crippen LogP contribution in [0.1, 0.15) is 13.8 Å². The summed E-state index contributed by atoms with van der Waals surface area (Å²) in [6, 6.07) is 0. The predicted molar refractivity (Wildman–Crippen MR) is 57.0 cm³/mol. The first-order valence-electron chi connectivity index (χ1n) is 4.52. The topological polar surface area (TPSA) is 12.5 Å². The normalized spacial score (nSPS) is 11.5. The van der Waals surface area contributed by atoms with Crippen LogP contribution in [0.5, 0.6) is 0 Å². The smallest absolute Gasteiger partial charge is 0.0589 e. The lowest BCUT2D eigenvalue weighted by Gasteiger charge is -2.22. The van der Waals surface area contributed by atoms with Gasteiger partial charge in [-0.25, -0.2) is 0 Å². The minimum atomic E-state index is 0.724. The zero-order valence-electron chi connectivity index (χ0n) is 8.42. The molecule has 74 valence electrons. The molecule has 0 fully saturated rings. The molecule has 0 radical (unpaired) electrons. The van der Waals surface area contributed by atoms with Crippen molar-refractivity contribution in [2.45, 2.75) is 13.8 Å². The molecule has 0 aromatic heterocycles. The summed E-state index contributed by atoms with van der Waals surface area (Å²) < 4.78 is 5.03. The van der Waals surface area contributed by atoms with Gasteiger partial charge in [0, 0.05) is 32.5 Å². The number of hydrogen-bond donors (Lipinski definition) is 1. The van der Waals surface area contributed by atoms with Crippen LogP contribution in [-0.4, -0.2) is 44.0 Å². The Balaban J connectivity index is 3.54. The number of nitrogens with zero attached hydrogens (tertiary/aromatic N) is 1. The maximum atomic E-state index is 5.03. The Labute approximate surface area is 81.7 Å². The van der Waals surface area contributed by atoms with Crippen LogP contribution < -0.4 is 0 Å². The van der Waals surface area contributed by atoms with Crippen molar-refractivity contribution in [1.29, 1.82) is 0 Å².